The van der Waals surface area contributed by atoms with Gasteiger partial charge in [0.15, 0.2) is 0 Å². The number of benzene rings is 3. The number of fused-ring (bicyclic) bond motifs is 8. The maximum absolute atomic E-state index is 13.3. The molecule has 10 heteroatoms. The molecule has 0 N–H and O–H groups in total. The van der Waals surface area contributed by atoms with Crippen molar-refractivity contribution in [2.45, 2.75) is 51.2 Å². The topological polar surface area (TPSA) is 76.1 Å². The summed E-state index contributed by atoms with van der Waals surface area (Å²) in [5.74, 6) is 1.96. The third-order valence-electron chi connectivity index (χ3n) is 9.31. The maximum Gasteiger partial charge on any atom is 0.354 e. The zero-order chi connectivity index (χ0) is 32.8. The molecule has 8 nitrogen and oxygen atoms in total. The van der Waals surface area contributed by atoms with Gasteiger partial charge in [-0.15, -0.1) is 11.8 Å². The van der Waals surface area contributed by atoms with E-state index in [1.807, 2.05) is 48.6 Å². The van der Waals surface area contributed by atoms with Crippen molar-refractivity contribution in [3.05, 3.63) is 99.2 Å². The van der Waals surface area contributed by atoms with Crippen molar-refractivity contribution in [2.75, 3.05) is 13.7 Å². The van der Waals surface area contributed by atoms with E-state index in [0.29, 0.717) is 36.0 Å². The highest BCUT2D eigenvalue weighted by Crippen LogP contribution is 2.43. The van der Waals surface area contributed by atoms with Gasteiger partial charge in [-0.3, -0.25) is 9.36 Å². The van der Waals surface area contributed by atoms with Crippen molar-refractivity contribution < 1.29 is 14.3 Å². The van der Waals surface area contributed by atoms with Gasteiger partial charge in [0, 0.05) is 76.0 Å². The van der Waals surface area contributed by atoms with Crippen molar-refractivity contribution in [3.8, 4) is 16.9 Å². The van der Waals surface area contributed by atoms with Gasteiger partial charge in [0.1, 0.15) is 11.4 Å². The number of esters is 1. The van der Waals surface area contributed by atoms with Crippen LogP contribution in [0.1, 0.15) is 50.8 Å². The molecule has 0 atom stereocenters. The molecule has 0 amide bonds. The second kappa shape index (κ2) is 12.8. The third-order valence-corrected chi connectivity index (χ3v) is 10.6. The minimum absolute atomic E-state index is 0.372. The molecule has 0 aliphatic carbocycles. The number of aryl methyl sites for hydroxylation is 6. The van der Waals surface area contributed by atoms with Gasteiger partial charge in [0.25, 0.3) is 0 Å². The number of methoxy groups -OCH3 is 1. The summed E-state index contributed by atoms with van der Waals surface area (Å²) in [4.78, 5) is 13.3. The lowest BCUT2D eigenvalue weighted by atomic mass is 9.97. The largest absolute Gasteiger partial charge is 0.493 e. The number of rotatable bonds is 1. The molecular weight excluding hydrogens is 630 g/mol. The molecule has 1 aliphatic heterocycles. The summed E-state index contributed by atoms with van der Waals surface area (Å²) in [6.07, 6.45) is 2.45. The fourth-order valence-electron chi connectivity index (χ4n) is 6.96. The minimum Gasteiger partial charge on any atom is -0.493 e. The fraction of sp³-hybridized carbons (Fsp3) is 0.324. The second-order valence-electron chi connectivity index (χ2n) is 12.2. The lowest BCUT2D eigenvalue weighted by Crippen LogP contribution is -2.13. The summed E-state index contributed by atoms with van der Waals surface area (Å²) in [5.41, 5.74) is 9.67. The molecule has 4 heterocycles. The van der Waals surface area contributed by atoms with Crippen LogP contribution < -0.4 is 4.74 Å². The van der Waals surface area contributed by atoms with E-state index in [4.69, 9.17) is 31.3 Å². The quantitative estimate of drug-likeness (QED) is 0.166. The summed E-state index contributed by atoms with van der Waals surface area (Å²) in [6, 6.07) is 19.0. The molecule has 1 aliphatic rings. The molecule has 3 aromatic heterocycles. The van der Waals surface area contributed by atoms with Gasteiger partial charge >= 0.3 is 5.97 Å². The van der Waals surface area contributed by atoms with Crippen molar-refractivity contribution in [3.63, 3.8) is 0 Å². The lowest BCUT2D eigenvalue weighted by molar-refractivity contribution is 0.0587. The number of hydrogen-bond donors (Lipinski definition) is 0. The Morgan fingerprint density at radius 3 is 2.64 bits per heavy atom. The van der Waals surface area contributed by atoms with E-state index in [-0.39, 0.29) is 5.97 Å². The minimum atomic E-state index is -0.372. The highest BCUT2D eigenvalue weighted by atomic mass is 35.5. The number of hydrogen-bond acceptors (Lipinski definition) is 6. The van der Waals surface area contributed by atoms with Gasteiger partial charge in [-0.25, -0.2) is 4.79 Å². The molecule has 8 bridgehead atoms. The summed E-state index contributed by atoms with van der Waals surface area (Å²) >= 11 is 8.84. The average molecular weight is 668 g/mol. The average Bonchev–Trinajstić information content (AvgIpc) is 3.66. The van der Waals surface area contributed by atoms with Crippen LogP contribution in [0.2, 0.25) is 5.02 Å². The van der Waals surface area contributed by atoms with E-state index in [0.717, 1.165) is 79.8 Å². The Morgan fingerprint density at radius 2 is 1.81 bits per heavy atom. The predicted molar refractivity (Wildman–Crippen MR) is 190 cm³/mol. The van der Waals surface area contributed by atoms with E-state index in [2.05, 4.69) is 47.9 Å². The van der Waals surface area contributed by atoms with Crippen LogP contribution in [0.15, 0.2) is 54.6 Å². The van der Waals surface area contributed by atoms with Gasteiger partial charge in [-0.1, -0.05) is 41.9 Å². The molecule has 7 rings (SSSR count). The van der Waals surface area contributed by atoms with E-state index in [1.165, 1.54) is 18.4 Å². The molecule has 0 spiro atoms. The first-order chi connectivity index (χ1) is 22.7. The second-order valence-corrected chi connectivity index (χ2v) is 13.6. The first-order valence-corrected chi connectivity index (χ1v) is 17.4. The van der Waals surface area contributed by atoms with Crippen LogP contribution in [0.25, 0.3) is 32.8 Å². The van der Waals surface area contributed by atoms with Crippen LogP contribution in [0.4, 0.5) is 0 Å². The smallest absolute Gasteiger partial charge is 0.354 e. The Balaban J connectivity index is 1.37. The Bertz CT molecular complexity index is 2160. The summed E-state index contributed by atoms with van der Waals surface area (Å²) in [7, 11) is 5.42. The van der Waals surface area contributed by atoms with Gasteiger partial charge in [-0.05, 0) is 73.9 Å². The number of nitrogens with zero attached hydrogens (tertiary/aromatic N) is 5. The van der Waals surface area contributed by atoms with Crippen molar-refractivity contribution >= 4 is 51.0 Å². The molecule has 0 radical (unpaired) electrons. The van der Waals surface area contributed by atoms with Gasteiger partial charge < -0.3 is 14.0 Å². The normalized spacial score (nSPS) is 14.2. The van der Waals surface area contributed by atoms with E-state index < -0.39 is 0 Å². The lowest BCUT2D eigenvalue weighted by Gasteiger charge is -2.14. The van der Waals surface area contributed by atoms with Gasteiger partial charge in [0.05, 0.1) is 25.1 Å². The van der Waals surface area contributed by atoms with Crippen LogP contribution in [-0.2, 0) is 49.7 Å². The van der Waals surface area contributed by atoms with Crippen LogP contribution in [0.3, 0.4) is 0 Å². The molecule has 0 saturated heterocycles. The van der Waals surface area contributed by atoms with Gasteiger partial charge in [0.2, 0.25) is 0 Å². The van der Waals surface area contributed by atoms with Crippen LogP contribution in [-0.4, -0.2) is 43.8 Å². The molecule has 242 valence electrons. The number of carbonyl (C=O) groups excluding carboxylic acids is 1. The fourth-order valence-corrected chi connectivity index (χ4v) is 8.06. The zero-order valence-electron chi connectivity index (χ0n) is 27.4. The predicted octanol–water partition coefficient (Wildman–Crippen LogP) is 7.99. The van der Waals surface area contributed by atoms with Crippen LogP contribution in [0.5, 0.6) is 5.75 Å². The Labute approximate surface area is 283 Å². The molecular formula is C37H38ClN5O3S. The van der Waals surface area contributed by atoms with E-state index in [9.17, 15) is 4.79 Å². The molecule has 0 unspecified atom stereocenters. The summed E-state index contributed by atoms with van der Waals surface area (Å²) < 4.78 is 17.8. The Morgan fingerprint density at radius 1 is 0.979 bits per heavy atom. The molecule has 0 fully saturated rings. The maximum atomic E-state index is 13.3. The SMILES string of the molecule is COC(=O)c1c(C)c2c3c(Cl)ccc2n1CCCOc1cc(cc2ccccc12)CCc1cc(nn1C)CSCc1nn(C)c(C)c1-3. The standard InChI is InChI=1S/C37H38ClN5O3S/c1-22-33-31-14-13-29(38)35(33)34-23(2)41(3)40-30(34)21-47-20-26-19-27(42(4)39-26)12-11-24-17-25-9-6-7-10-28(25)32(18-24)46-16-8-15-43(31)36(22)37(44)45-5/h6-7,9-10,13-14,17-19H,8,11-12,15-16,20-21H2,1-5H3. The van der Waals surface area contributed by atoms with E-state index in [1.54, 1.807) is 11.8 Å². The summed E-state index contributed by atoms with van der Waals surface area (Å²) in [6.45, 7) is 5.12. The van der Waals surface area contributed by atoms with Crippen LogP contribution in [0, 0.1) is 13.8 Å². The molecule has 6 aromatic rings. The Hall–Kier alpha value is -4.21. The highest BCUT2D eigenvalue weighted by molar-refractivity contribution is 7.97. The summed E-state index contributed by atoms with van der Waals surface area (Å²) in [5, 5.41) is 13.6. The van der Waals surface area contributed by atoms with E-state index >= 15 is 0 Å². The zero-order valence-corrected chi connectivity index (χ0v) is 29.0. The number of ether oxygens (including phenoxy) is 2. The monoisotopic (exact) mass is 667 g/mol. The van der Waals surface area contributed by atoms with Crippen molar-refractivity contribution in [1.29, 1.82) is 0 Å². The first kappa shape index (κ1) is 31.4. The van der Waals surface area contributed by atoms with Gasteiger partial charge in [-0.2, -0.15) is 10.2 Å². The molecule has 0 saturated carbocycles. The number of halogens is 1. The molecule has 3 aromatic carbocycles. The van der Waals surface area contributed by atoms with Crippen molar-refractivity contribution in [2.24, 2.45) is 14.1 Å². The number of carbonyl (C=O) groups is 1. The Kier molecular flexibility index (Phi) is 8.53. The third kappa shape index (κ3) is 5.69. The number of thioether (sulfide) groups is 1. The molecule has 47 heavy (non-hydrogen) atoms. The number of aromatic nitrogens is 5. The first-order valence-electron chi connectivity index (χ1n) is 15.9. The highest BCUT2D eigenvalue weighted by Gasteiger charge is 2.27. The van der Waals surface area contributed by atoms with Crippen molar-refractivity contribution in [1.82, 2.24) is 24.1 Å². The van der Waals surface area contributed by atoms with Crippen LogP contribution >= 0.6 is 23.4 Å².